The van der Waals surface area contributed by atoms with Crippen LogP contribution in [0.5, 0.6) is 0 Å². The van der Waals surface area contributed by atoms with Gasteiger partial charge in [-0.15, -0.1) is 6.58 Å². The van der Waals surface area contributed by atoms with Crippen molar-refractivity contribution < 1.29 is 14.9 Å². The van der Waals surface area contributed by atoms with Gasteiger partial charge in [0.1, 0.15) is 12.2 Å². The number of benzene rings is 1. The van der Waals surface area contributed by atoms with E-state index in [1.54, 1.807) is 6.08 Å². The molecule has 0 unspecified atom stereocenters. The maximum Gasteiger partial charge on any atom is 0.114 e. The highest BCUT2D eigenvalue weighted by Crippen LogP contribution is 2.41. The predicted molar refractivity (Wildman–Crippen MR) is 114 cm³/mol. The molecule has 2 fully saturated rings. The van der Waals surface area contributed by atoms with Gasteiger partial charge in [0.25, 0.3) is 0 Å². The molecule has 0 bridgehead atoms. The summed E-state index contributed by atoms with van der Waals surface area (Å²) in [5.41, 5.74) is 4.37. The van der Waals surface area contributed by atoms with Crippen LogP contribution in [0.3, 0.4) is 0 Å². The zero-order valence-corrected chi connectivity index (χ0v) is 16.8. The Morgan fingerprint density at radius 2 is 1.93 bits per heavy atom. The van der Waals surface area contributed by atoms with Crippen LogP contribution in [0.2, 0.25) is 0 Å². The average molecular weight is 381 g/mol. The lowest BCUT2D eigenvalue weighted by Crippen LogP contribution is -2.45. The van der Waals surface area contributed by atoms with E-state index in [1.807, 2.05) is 6.08 Å². The lowest BCUT2D eigenvalue weighted by molar-refractivity contribution is -0.0869. The molecule has 3 rings (SSSR count). The third-order valence-corrected chi connectivity index (χ3v) is 6.19. The fourth-order valence-corrected chi connectivity index (χ4v) is 4.49. The van der Waals surface area contributed by atoms with Crippen LogP contribution >= 0.6 is 0 Å². The lowest BCUT2D eigenvalue weighted by Gasteiger charge is -2.35. The number of hydrogen-bond donors (Lipinski definition) is 2. The fourth-order valence-electron chi connectivity index (χ4n) is 4.49. The van der Waals surface area contributed by atoms with Gasteiger partial charge in [-0.2, -0.15) is 0 Å². The van der Waals surface area contributed by atoms with Crippen molar-refractivity contribution in [3.05, 3.63) is 84.0 Å². The van der Waals surface area contributed by atoms with Crippen molar-refractivity contribution in [2.45, 2.75) is 56.8 Å². The number of rotatable bonds is 5. The summed E-state index contributed by atoms with van der Waals surface area (Å²) in [6.45, 7) is 10.3. The first kappa shape index (κ1) is 20.8. The molecule has 3 nitrogen and oxygen atoms in total. The van der Waals surface area contributed by atoms with Gasteiger partial charge in [0.05, 0.1) is 12.7 Å². The highest BCUT2D eigenvalue weighted by Gasteiger charge is 2.36. The summed E-state index contributed by atoms with van der Waals surface area (Å²) in [7, 11) is 0. The molecule has 150 valence electrons. The average Bonchev–Trinajstić information content (AvgIpc) is 2.71. The molecule has 0 heterocycles. The minimum Gasteiger partial charge on any atom is -0.390 e. The molecule has 0 amide bonds. The molecule has 0 radical (unpaired) electrons. The van der Waals surface area contributed by atoms with Gasteiger partial charge in [-0.3, -0.25) is 0 Å². The maximum absolute atomic E-state index is 10.5. The third kappa shape index (κ3) is 4.54. The van der Waals surface area contributed by atoms with Gasteiger partial charge in [-0.1, -0.05) is 67.6 Å². The lowest BCUT2D eigenvalue weighted by atomic mass is 9.73. The van der Waals surface area contributed by atoms with Crippen molar-refractivity contribution in [3.63, 3.8) is 0 Å². The Morgan fingerprint density at radius 1 is 1.18 bits per heavy atom. The molecule has 3 heteroatoms. The molecule has 1 aromatic carbocycles. The number of allylic oxidation sites excluding steroid dienone is 3. The first-order valence-electron chi connectivity index (χ1n) is 10.2. The van der Waals surface area contributed by atoms with Crippen LogP contribution < -0.4 is 0 Å². The van der Waals surface area contributed by atoms with E-state index < -0.39 is 18.3 Å². The summed E-state index contributed by atoms with van der Waals surface area (Å²) in [6.07, 6.45) is 7.49. The van der Waals surface area contributed by atoms with E-state index in [0.717, 1.165) is 12.0 Å². The normalized spacial score (nSPS) is 34.0. The Bertz CT molecular complexity index is 746. The first-order valence-corrected chi connectivity index (χ1v) is 10.2. The van der Waals surface area contributed by atoms with E-state index in [1.165, 1.54) is 24.0 Å². The zero-order valence-electron chi connectivity index (χ0n) is 16.8. The van der Waals surface area contributed by atoms with Gasteiger partial charge in [0.2, 0.25) is 0 Å². The van der Waals surface area contributed by atoms with Gasteiger partial charge in [-0.05, 0) is 47.8 Å². The van der Waals surface area contributed by atoms with E-state index >= 15 is 0 Å². The minimum atomic E-state index is -0.894. The number of hydrogen-bond acceptors (Lipinski definition) is 3. The number of aliphatic hydroxyl groups excluding tert-OH is 2. The van der Waals surface area contributed by atoms with Crippen molar-refractivity contribution in [2.24, 2.45) is 5.92 Å². The SMILES string of the molecule is C=CCO[C@H]1[C@H](O)C/C(=C/C=C2\CCC[C@H](c3ccccc3)[C@H]2C)C(=C)[C@H]1O. The van der Waals surface area contributed by atoms with Crippen LogP contribution in [-0.2, 0) is 4.74 Å². The van der Waals surface area contributed by atoms with E-state index in [0.29, 0.717) is 30.4 Å². The van der Waals surface area contributed by atoms with Crippen LogP contribution in [0, 0.1) is 5.92 Å². The summed E-state index contributed by atoms with van der Waals surface area (Å²) in [6, 6.07) is 10.7. The molecule has 5 atom stereocenters. The highest BCUT2D eigenvalue weighted by molar-refractivity contribution is 5.40. The largest absolute Gasteiger partial charge is 0.390 e. The fraction of sp³-hybridized carbons (Fsp3) is 0.440. The summed E-state index contributed by atoms with van der Waals surface area (Å²) in [5, 5.41) is 20.9. The van der Waals surface area contributed by atoms with Crippen molar-refractivity contribution in [3.8, 4) is 0 Å². The molecule has 0 saturated heterocycles. The Morgan fingerprint density at radius 3 is 2.64 bits per heavy atom. The molecule has 2 aliphatic rings. The van der Waals surface area contributed by atoms with Crippen LogP contribution in [0.4, 0.5) is 0 Å². The predicted octanol–water partition coefficient (Wildman–Crippen LogP) is 4.70. The van der Waals surface area contributed by atoms with Crippen molar-refractivity contribution >= 4 is 0 Å². The molecule has 0 aromatic heterocycles. The molecule has 28 heavy (non-hydrogen) atoms. The second-order valence-corrected chi connectivity index (χ2v) is 7.96. The van der Waals surface area contributed by atoms with Crippen molar-refractivity contribution in [1.82, 2.24) is 0 Å². The highest BCUT2D eigenvalue weighted by atomic mass is 16.5. The molecule has 2 saturated carbocycles. The molecule has 1 aromatic rings. The van der Waals surface area contributed by atoms with E-state index in [-0.39, 0.29) is 0 Å². The Kier molecular flexibility index (Phi) is 7.06. The number of aliphatic hydroxyl groups is 2. The van der Waals surface area contributed by atoms with E-state index in [4.69, 9.17) is 4.74 Å². The third-order valence-electron chi connectivity index (χ3n) is 6.19. The first-order chi connectivity index (χ1) is 13.5. The molecule has 0 aliphatic heterocycles. The standard InChI is InChI=1S/C25H32O3/c1-4-15-28-25-23(26)16-21(18(3)24(25)27)14-13-19-11-8-12-22(17(19)2)20-9-6-5-7-10-20/h4-7,9-10,13-14,17,22-27H,1,3,8,11-12,15-16H2,2H3/b19-13+,21-14-/t17-,22-,23+,24+,25-/m0/s1. The maximum atomic E-state index is 10.5. The zero-order chi connectivity index (χ0) is 20.1. The summed E-state index contributed by atoms with van der Waals surface area (Å²) >= 11 is 0. The smallest absolute Gasteiger partial charge is 0.114 e. The van der Waals surface area contributed by atoms with Gasteiger partial charge >= 0.3 is 0 Å². The second-order valence-electron chi connectivity index (χ2n) is 7.96. The van der Waals surface area contributed by atoms with Crippen LogP contribution in [0.1, 0.15) is 44.1 Å². The monoisotopic (exact) mass is 380 g/mol. The van der Waals surface area contributed by atoms with Crippen LogP contribution in [0.25, 0.3) is 0 Å². The minimum absolute atomic E-state index is 0.299. The quantitative estimate of drug-likeness (QED) is 0.728. The molecular weight excluding hydrogens is 348 g/mol. The van der Waals surface area contributed by atoms with E-state index in [9.17, 15) is 10.2 Å². The van der Waals surface area contributed by atoms with E-state index in [2.05, 4.69) is 56.5 Å². The number of ether oxygens (including phenoxy) is 1. The van der Waals surface area contributed by atoms with Crippen molar-refractivity contribution in [2.75, 3.05) is 6.61 Å². The Hall–Kier alpha value is -1.94. The summed E-state index contributed by atoms with van der Waals surface area (Å²) < 4.78 is 5.53. The van der Waals surface area contributed by atoms with Gasteiger partial charge in [0.15, 0.2) is 0 Å². The summed E-state index contributed by atoms with van der Waals surface area (Å²) in [4.78, 5) is 0. The molecular formula is C25H32O3. The topological polar surface area (TPSA) is 49.7 Å². The second kappa shape index (κ2) is 9.51. The van der Waals surface area contributed by atoms with Gasteiger partial charge in [0, 0.05) is 6.42 Å². The van der Waals surface area contributed by atoms with Crippen LogP contribution in [-0.4, -0.2) is 35.1 Å². The summed E-state index contributed by atoms with van der Waals surface area (Å²) in [5.74, 6) is 1.02. The van der Waals surface area contributed by atoms with Crippen molar-refractivity contribution in [1.29, 1.82) is 0 Å². The van der Waals surface area contributed by atoms with Gasteiger partial charge in [-0.25, -0.2) is 0 Å². The Labute approximate surface area is 168 Å². The van der Waals surface area contributed by atoms with Gasteiger partial charge < -0.3 is 14.9 Å². The molecule has 2 aliphatic carbocycles. The van der Waals surface area contributed by atoms with Crippen LogP contribution in [0.15, 0.2) is 78.4 Å². The Balaban J connectivity index is 1.75. The molecule has 0 spiro atoms. The molecule has 2 N–H and O–H groups in total.